The van der Waals surface area contributed by atoms with Crippen LogP contribution in [-0.2, 0) is 6.42 Å². The molecule has 3 rings (SSSR count). The molecule has 0 bridgehead atoms. The van der Waals surface area contributed by atoms with Gasteiger partial charge < -0.3 is 5.32 Å². The van der Waals surface area contributed by atoms with Gasteiger partial charge in [0.05, 0.1) is 5.52 Å². The van der Waals surface area contributed by atoms with Gasteiger partial charge in [0.25, 0.3) is 5.91 Å². The number of hydrogen-bond donors (Lipinski definition) is 1. The fourth-order valence-electron chi connectivity index (χ4n) is 2.31. The molecule has 4 heteroatoms. The van der Waals surface area contributed by atoms with Crippen molar-refractivity contribution >= 4 is 34.1 Å². The van der Waals surface area contributed by atoms with E-state index >= 15 is 0 Å². The standard InChI is InChI=1S/C18H15ClN2O/c1-2-12-4-3-5-15(10-12)20-18(22)14-6-8-16-13(11-14)7-9-17(19)21-16/h3-11H,2H2,1H3,(H,20,22). The Morgan fingerprint density at radius 3 is 2.82 bits per heavy atom. The molecule has 0 aliphatic rings. The van der Waals surface area contributed by atoms with Crippen molar-refractivity contribution in [3.63, 3.8) is 0 Å². The summed E-state index contributed by atoms with van der Waals surface area (Å²) < 4.78 is 0. The maximum atomic E-state index is 12.4. The molecule has 3 nitrogen and oxygen atoms in total. The maximum Gasteiger partial charge on any atom is 0.255 e. The predicted octanol–water partition coefficient (Wildman–Crippen LogP) is 4.70. The number of rotatable bonds is 3. The van der Waals surface area contributed by atoms with E-state index in [2.05, 4.69) is 17.2 Å². The average molecular weight is 311 g/mol. The van der Waals surface area contributed by atoms with Crippen LogP contribution in [0.15, 0.2) is 54.6 Å². The second-order valence-corrected chi connectivity index (χ2v) is 5.44. The number of pyridine rings is 1. The number of aryl methyl sites for hydroxylation is 1. The third-order valence-corrected chi connectivity index (χ3v) is 3.72. The van der Waals surface area contributed by atoms with Gasteiger partial charge in [0.2, 0.25) is 0 Å². The number of carbonyl (C=O) groups excluding carboxylic acids is 1. The lowest BCUT2D eigenvalue weighted by Gasteiger charge is -2.07. The van der Waals surface area contributed by atoms with E-state index in [-0.39, 0.29) is 5.91 Å². The first-order chi connectivity index (χ1) is 10.7. The molecule has 2 aromatic carbocycles. The van der Waals surface area contributed by atoms with Crippen LogP contribution < -0.4 is 5.32 Å². The molecule has 0 radical (unpaired) electrons. The Morgan fingerprint density at radius 1 is 1.14 bits per heavy atom. The summed E-state index contributed by atoms with van der Waals surface area (Å²) in [5.41, 5.74) is 3.37. The van der Waals surface area contributed by atoms with Gasteiger partial charge in [-0.1, -0.05) is 30.7 Å². The van der Waals surface area contributed by atoms with Gasteiger partial charge in [0.15, 0.2) is 0 Å². The molecule has 22 heavy (non-hydrogen) atoms. The molecule has 1 aromatic heterocycles. The smallest absolute Gasteiger partial charge is 0.255 e. The highest BCUT2D eigenvalue weighted by molar-refractivity contribution is 6.29. The second-order valence-electron chi connectivity index (χ2n) is 5.05. The molecule has 1 amide bonds. The fraction of sp³-hybridized carbons (Fsp3) is 0.111. The van der Waals surface area contributed by atoms with Gasteiger partial charge in [-0.3, -0.25) is 4.79 Å². The number of benzene rings is 2. The van der Waals surface area contributed by atoms with Crippen LogP contribution in [0.25, 0.3) is 10.9 Å². The largest absolute Gasteiger partial charge is 0.322 e. The van der Waals surface area contributed by atoms with Gasteiger partial charge in [-0.2, -0.15) is 0 Å². The molecule has 0 fully saturated rings. The van der Waals surface area contributed by atoms with Crippen molar-refractivity contribution < 1.29 is 4.79 Å². The number of anilines is 1. The summed E-state index contributed by atoms with van der Waals surface area (Å²) in [5.74, 6) is -0.134. The van der Waals surface area contributed by atoms with Gasteiger partial charge >= 0.3 is 0 Å². The molecule has 0 spiro atoms. The summed E-state index contributed by atoms with van der Waals surface area (Å²) in [7, 11) is 0. The molecule has 0 saturated carbocycles. The van der Waals surface area contributed by atoms with E-state index in [0.29, 0.717) is 10.7 Å². The van der Waals surface area contributed by atoms with Gasteiger partial charge in [-0.25, -0.2) is 4.98 Å². The Kier molecular flexibility index (Phi) is 4.07. The molecule has 1 heterocycles. The molecule has 3 aromatic rings. The topological polar surface area (TPSA) is 42.0 Å². The molecular formula is C18H15ClN2O. The van der Waals surface area contributed by atoms with Crippen molar-refractivity contribution in [2.45, 2.75) is 13.3 Å². The van der Waals surface area contributed by atoms with E-state index in [4.69, 9.17) is 11.6 Å². The van der Waals surface area contributed by atoms with Crippen molar-refractivity contribution in [1.82, 2.24) is 4.98 Å². The first kappa shape index (κ1) is 14.5. The highest BCUT2D eigenvalue weighted by Crippen LogP contribution is 2.18. The second kappa shape index (κ2) is 6.16. The monoisotopic (exact) mass is 310 g/mol. The number of amides is 1. The highest BCUT2D eigenvalue weighted by Gasteiger charge is 2.08. The lowest BCUT2D eigenvalue weighted by molar-refractivity contribution is 0.102. The SMILES string of the molecule is CCc1cccc(NC(=O)c2ccc3nc(Cl)ccc3c2)c1. The van der Waals surface area contributed by atoms with Crippen molar-refractivity contribution in [1.29, 1.82) is 0 Å². The minimum atomic E-state index is -0.134. The Labute approximate surface area is 133 Å². The Morgan fingerprint density at radius 2 is 2.00 bits per heavy atom. The molecule has 1 N–H and O–H groups in total. The van der Waals surface area contributed by atoms with Crippen molar-refractivity contribution in [3.8, 4) is 0 Å². The van der Waals surface area contributed by atoms with E-state index in [9.17, 15) is 4.79 Å². The van der Waals surface area contributed by atoms with E-state index in [0.717, 1.165) is 23.0 Å². The Balaban J connectivity index is 1.86. The van der Waals surface area contributed by atoms with Gasteiger partial charge in [0, 0.05) is 16.6 Å². The molecule has 0 atom stereocenters. The zero-order valence-corrected chi connectivity index (χ0v) is 12.9. The van der Waals surface area contributed by atoms with E-state index < -0.39 is 0 Å². The normalized spacial score (nSPS) is 10.6. The van der Waals surface area contributed by atoms with Crippen molar-refractivity contribution in [3.05, 3.63) is 70.9 Å². The predicted molar refractivity (Wildman–Crippen MR) is 90.5 cm³/mol. The maximum absolute atomic E-state index is 12.4. The zero-order valence-electron chi connectivity index (χ0n) is 12.1. The fourth-order valence-corrected chi connectivity index (χ4v) is 2.47. The third-order valence-electron chi connectivity index (χ3n) is 3.51. The van der Waals surface area contributed by atoms with Crippen LogP contribution in [0.3, 0.4) is 0 Å². The summed E-state index contributed by atoms with van der Waals surface area (Å²) in [4.78, 5) is 16.6. The molecule has 0 saturated heterocycles. The Bertz CT molecular complexity index is 845. The number of nitrogens with zero attached hydrogens (tertiary/aromatic N) is 1. The zero-order chi connectivity index (χ0) is 15.5. The van der Waals surface area contributed by atoms with Crippen LogP contribution >= 0.6 is 11.6 Å². The number of hydrogen-bond acceptors (Lipinski definition) is 2. The number of aromatic nitrogens is 1. The molecule has 110 valence electrons. The van der Waals surface area contributed by atoms with Crippen LogP contribution in [0.4, 0.5) is 5.69 Å². The molecule has 0 aliphatic heterocycles. The first-order valence-electron chi connectivity index (χ1n) is 7.12. The van der Waals surface area contributed by atoms with Gasteiger partial charge in [0.1, 0.15) is 5.15 Å². The first-order valence-corrected chi connectivity index (χ1v) is 7.50. The summed E-state index contributed by atoms with van der Waals surface area (Å²) in [6.45, 7) is 2.09. The minimum absolute atomic E-state index is 0.134. The van der Waals surface area contributed by atoms with Crippen molar-refractivity contribution in [2.24, 2.45) is 0 Å². The number of carbonyl (C=O) groups is 1. The van der Waals surface area contributed by atoms with Crippen LogP contribution in [0.1, 0.15) is 22.8 Å². The number of nitrogens with one attached hydrogen (secondary N) is 1. The molecule has 0 unspecified atom stereocenters. The van der Waals surface area contributed by atoms with Gasteiger partial charge in [-0.15, -0.1) is 0 Å². The van der Waals surface area contributed by atoms with Gasteiger partial charge in [-0.05, 0) is 54.4 Å². The number of halogens is 1. The minimum Gasteiger partial charge on any atom is -0.322 e. The lowest BCUT2D eigenvalue weighted by atomic mass is 10.1. The quantitative estimate of drug-likeness (QED) is 0.712. The summed E-state index contributed by atoms with van der Waals surface area (Å²) in [5, 5.41) is 4.26. The molecular weight excluding hydrogens is 296 g/mol. The van der Waals surface area contributed by atoms with Crippen LogP contribution in [0.2, 0.25) is 5.15 Å². The van der Waals surface area contributed by atoms with E-state index in [1.165, 1.54) is 5.56 Å². The van der Waals surface area contributed by atoms with Crippen LogP contribution in [0, 0.1) is 0 Å². The summed E-state index contributed by atoms with van der Waals surface area (Å²) in [6, 6.07) is 16.8. The van der Waals surface area contributed by atoms with Crippen molar-refractivity contribution in [2.75, 3.05) is 5.32 Å². The van der Waals surface area contributed by atoms with E-state index in [1.807, 2.05) is 36.4 Å². The summed E-state index contributed by atoms with van der Waals surface area (Å²) in [6.07, 6.45) is 0.937. The average Bonchev–Trinajstić information content (AvgIpc) is 2.54. The Hall–Kier alpha value is -2.39. The summed E-state index contributed by atoms with van der Waals surface area (Å²) >= 11 is 5.87. The molecule has 0 aliphatic carbocycles. The van der Waals surface area contributed by atoms with Crippen LogP contribution in [-0.4, -0.2) is 10.9 Å². The highest BCUT2D eigenvalue weighted by atomic mass is 35.5. The number of fused-ring (bicyclic) bond motifs is 1. The lowest BCUT2D eigenvalue weighted by Crippen LogP contribution is -2.11. The van der Waals surface area contributed by atoms with E-state index in [1.54, 1.807) is 18.2 Å². The third kappa shape index (κ3) is 3.10. The van der Waals surface area contributed by atoms with Crippen LogP contribution in [0.5, 0.6) is 0 Å².